The first-order valence-corrected chi connectivity index (χ1v) is 7.20. The molecule has 0 atom stereocenters. The fourth-order valence-electron chi connectivity index (χ4n) is 1.61. The summed E-state index contributed by atoms with van der Waals surface area (Å²) in [6, 6.07) is 8.22. The first-order valence-electron chi connectivity index (χ1n) is 5.53. The second kappa shape index (κ2) is 5.80. The number of thiocarbonyl (C=S) groups is 1. The Hall–Kier alpha value is -0.650. The van der Waals surface area contributed by atoms with Crippen molar-refractivity contribution in [2.24, 2.45) is 0 Å². The standard InChI is InChI=1S/C12H14N2S3/c1-2-14(8-7-11(15)16)12-13-9-5-3-4-6-10(9)17-12/h3-6H,2,7-8H2,1H3,(H,15,16). The zero-order valence-electron chi connectivity index (χ0n) is 9.59. The minimum Gasteiger partial charge on any atom is -0.348 e. The number of thiol groups is 1. The van der Waals surface area contributed by atoms with Crippen LogP contribution in [0.5, 0.6) is 0 Å². The van der Waals surface area contributed by atoms with E-state index in [9.17, 15) is 0 Å². The average Bonchev–Trinajstić information content (AvgIpc) is 2.72. The minimum absolute atomic E-state index is 0.754. The van der Waals surface area contributed by atoms with Gasteiger partial charge in [0.25, 0.3) is 0 Å². The molecule has 2 aromatic rings. The molecule has 0 aliphatic rings. The van der Waals surface area contributed by atoms with Crippen LogP contribution in [0.4, 0.5) is 5.13 Å². The highest BCUT2D eigenvalue weighted by Crippen LogP contribution is 2.28. The van der Waals surface area contributed by atoms with Crippen molar-refractivity contribution in [3.8, 4) is 0 Å². The molecule has 0 spiro atoms. The molecule has 0 radical (unpaired) electrons. The summed E-state index contributed by atoms with van der Waals surface area (Å²) in [4.78, 5) is 6.88. The highest BCUT2D eigenvalue weighted by molar-refractivity contribution is 8.11. The molecule has 17 heavy (non-hydrogen) atoms. The quantitative estimate of drug-likeness (QED) is 0.664. The van der Waals surface area contributed by atoms with Crippen molar-refractivity contribution in [2.45, 2.75) is 13.3 Å². The number of nitrogens with zero attached hydrogens (tertiary/aromatic N) is 2. The summed E-state index contributed by atoms with van der Waals surface area (Å²) in [5.41, 5.74) is 1.07. The number of para-hydroxylation sites is 1. The van der Waals surface area contributed by atoms with Crippen LogP contribution >= 0.6 is 36.2 Å². The van der Waals surface area contributed by atoms with Gasteiger partial charge in [0.2, 0.25) is 0 Å². The van der Waals surface area contributed by atoms with Crippen molar-refractivity contribution in [3.63, 3.8) is 0 Å². The maximum atomic E-state index is 5.00. The Morgan fingerprint density at radius 3 is 2.88 bits per heavy atom. The van der Waals surface area contributed by atoms with Crippen LogP contribution in [0.25, 0.3) is 10.2 Å². The normalized spacial score (nSPS) is 10.7. The van der Waals surface area contributed by atoms with Crippen LogP contribution in [-0.4, -0.2) is 22.3 Å². The van der Waals surface area contributed by atoms with Crippen LogP contribution in [-0.2, 0) is 0 Å². The van der Waals surface area contributed by atoms with Crippen LogP contribution < -0.4 is 4.90 Å². The molecule has 0 amide bonds. The first-order chi connectivity index (χ1) is 8.20. The van der Waals surface area contributed by atoms with Crippen molar-refractivity contribution >= 4 is 55.7 Å². The molecule has 0 N–H and O–H groups in total. The molecule has 0 saturated carbocycles. The topological polar surface area (TPSA) is 16.1 Å². The average molecular weight is 282 g/mol. The van der Waals surface area contributed by atoms with Gasteiger partial charge in [-0.15, -0.1) is 12.6 Å². The fraction of sp³-hybridized carbons (Fsp3) is 0.333. The molecule has 2 rings (SSSR count). The van der Waals surface area contributed by atoms with Gasteiger partial charge in [0.1, 0.15) is 0 Å². The Bertz CT molecular complexity index is 488. The molecule has 0 bridgehead atoms. The van der Waals surface area contributed by atoms with Gasteiger partial charge >= 0.3 is 0 Å². The van der Waals surface area contributed by atoms with E-state index in [1.807, 2.05) is 18.2 Å². The molecular formula is C12H14N2S3. The molecule has 2 nitrogen and oxygen atoms in total. The van der Waals surface area contributed by atoms with E-state index in [0.717, 1.165) is 34.4 Å². The van der Waals surface area contributed by atoms with Gasteiger partial charge in [-0.25, -0.2) is 4.98 Å². The van der Waals surface area contributed by atoms with Gasteiger partial charge in [-0.05, 0) is 19.1 Å². The number of hydrogen-bond acceptors (Lipinski definition) is 4. The van der Waals surface area contributed by atoms with E-state index < -0.39 is 0 Å². The lowest BCUT2D eigenvalue weighted by Crippen LogP contribution is -2.24. The van der Waals surface area contributed by atoms with E-state index in [1.165, 1.54) is 4.70 Å². The Kier molecular flexibility index (Phi) is 4.36. The van der Waals surface area contributed by atoms with Crippen LogP contribution in [0.2, 0.25) is 0 Å². The van der Waals surface area contributed by atoms with Gasteiger partial charge in [0.05, 0.1) is 10.2 Å². The van der Waals surface area contributed by atoms with E-state index in [-0.39, 0.29) is 0 Å². The molecule has 90 valence electrons. The molecule has 0 unspecified atom stereocenters. The zero-order chi connectivity index (χ0) is 12.3. The van der Waals surface area contributed by atoms with Crippen LogP contribution in [0, 0.1) is 0 Å². The van der Waals surface area contributed by atoms with Crippen molar-refractivity contribution in [1.29, 1.82) is 0 Å². The third-order valence-corrected chi connectivity index (χ3v) is 4.06. The third kappa shape index (κ3) is 3.18. The third-order valence-electron chi connectivity index (χ3n) is 2.53. The highest BCUT2D eigenvalue weighted by atomic mass is 32.1. The van der Waals surface area contributed by atoms with E-state index in [0.29, 0.717) is 0 Å². The molecule has 1 aromatic heterocycles. The summed E-state index contributed by atoms with van der Waals surface area (Å²) in [6.45, 7) is 3.96. The lowest BCUT2D eigenvalue weighted by atomic mass is 10.3. The van der Waals surface area contributed by atoms with Crippen molar-refractivity contribution < 1.29 is 0 Å². The molecule has 0 aliphatic heterocycles. The van der Waals surface area contributed by atoms with Crippen molar-refractivity contribution in [2.75, 3.05) is 18.0 Å². The Morgan fingerprint density at radius 1 is 1.47 bits per heavy atom. The van der Waals surface area contributed by atoms with E-state index >= 15 is 0 Å². The molecule has 0 fully saturated rings. The Morgan fingerprint density at radius 2 is 2.24 bits per heavy atom. The second-order valence-corrected chi connectivity index (χ2v) is 6.03. The summed E-state index contributed by atoms with van der Waals surface area (Å²) in [5.74, 6) is 0. The molecule has 1 aromatic carbocycles. The maximum Gasteiger partial charge on any atom is 0.186 e. The lowest BCUT2D eigenvalue weighted by molar-refractivity contribution is 0.838. The Labute approximate surface area is 116 Å². The summed E-state index contributed by atoms with van der Waals surface area (Å²) in [7, 11) is 0. The van der Waals surface area contributed by atoms with E-state index in [2.05, 4.69) is 35.5 Å². The van der Waals surface area contributed by atoms with Crippen LogP contribution in [0.3, 0.4) is 0 Å². The second-order valence-electron chi connectivity index (χ2n) is 3.69. The van der Waals surface area contributed by atoms with Gasteiger partial charge in [-0.1, -0.05) is 35.7 Å². The minimum atomic E-state index is 0.754. The maximum absolute atomic E-state index is 5.00. The molecule has 5 heteroatoms. The number of hydrogen-bond donors (Lipinski definition) is 1. The van der Waals surface area contributed by atoms with Gasteiger partial charge < -0.3 is 4.90 Å². The summed E-state index contributed by atoms with van der Waals surface area (Å²) in [6.07, 6.45) is 0.822. The predicted octanol–water partition coefficient (Wildman–Crippen LogP) is 3.77. The van der Waals surface area contributed by atoms with Gasteiger partial charge in [-0.3, -0.25) is 0 Å². The summed E-state index contributed by atoms with van der Waals surface area (Å²) in [5, 5.41) is 1.07. The number of anilines is 1. The monoisotopic (exact) mass is 282 g/mol. The number of fused-ring (bicyclic) bond motifs is 1. The Balaban J connectivity index is 2.21. The van der Waals surface area contributed by atoms with Gasteiger partial charge in [-0.2, -0.15) is 0 Å². The number of rotatable bonds is 5. The van der Waals surface area contributed by atoms with Crippen LogP contribution in [0.15, 0.2) is 24.3 Å². The molecular weight excluding hydrogens is 268 g/mol. The first kappa shape index (κ1) is 12.8. The zero-order valence-corrected chi connectivity index (χ0v) is 12.1. The smallest absolute Gasteiger partial charge is 0.186 e. The molecule has 1 heterocycles. The largest absolute Gasteiger partial charge is 0.348 e. The SMILES string of the molecule is CCN(CCC(=S)S)c1nc2ccccc2s1. The fourth-order valence-corrected chi connectivity index (χ4v) is 2.86. The number of aromatic nitrogens is 1. The lowest BCUT2D eigenvalue weighted by Gasteiger charge is -2.18. The van der Waals surface area contributed by atoms with Crippen molar-refractivity contribution in [1.82, 2.24) is 4.98 Å². The number of thiazole rings is 1. The van der Waals surface area contributed by atoms with Gasteiger partial charge in [0, 0.05) is 23.7 Å². The van der Waals surface area contributed by atoms with E-state index in [4.69, 9.17) is 12.2 Å². The summed E-state index contributed by atoms with van der Waals surface area (Å²) >= 11 is 10.9. The molecule has 0 saturated heterocycles. The highest BCUT2D eigenvalue weighted by Gasteiger charge is 2.10. The predicted molar refractivity (Wildman–Crippen MR) is 83.7 cm³/mol. The van der Waals surface area contributed by atoms with Gasteiger partial charge in [0.15, 0.2) is 5.13 Å². The van der Waals surface area contributed by atoms with Crippen LogP contribution in [0.1, 0.15) is 13.3 Å². The molecule has 0 aliphatic carbocycles. The number of benzene rings is 1. The van der Waals surface area contributed by atoms with E-state index in [1.54, 1.807) is 11.3 Å². The van der Waals surface area contributed by atoms with Crippen molar-refractivity contribution in [3.05, 3.63) is 24.3 Å². The summed E-state index contributed by atoms with van der Waals surface area (Å²) < 4.78 is 1.99.